The van der Waals surface area contributed by atoms with Crippen LogP contribution in [0.4, 0.5) is 11.5 Å². The third-order valence-corrected chi connectivity index (χ3v) is 2.15. The summed E-state index contributed by atoms with van der Waals surface area (Å²) in [5, 5.41) is 11.1. The van der Waals surface area contributed by atoms with E-state index in [2.05, 4.69) is 0 Å². The average Bonchev–Trinajstić information content (AvgIpc) is 2.41. The smallest absolute Gasteiger partial charge is 0.374 e. The number of hydrogen-bond acceptors (Lipinski definition) is 5. The highest BCUT2D eigenvalue weighted by molar-refractivity contribution is 5.50. The molecule has 0 aliphatic carbocycles. The normalized spacial score (nSPS) is 18.6. The highest BCUT2D eigenvalue weighted by Gasteiger charge is 2.25. The number of rotatable bonds is 5. The van der Waals surface area contributed by atoms with E-state index in [1.54, 1.807) is 0 Å². The summed E-state index contributed by atoms with van der Waals surface area (Å²) in [6, 6.07) is 0. The van der Waals surface area contributed by atoms with Crippen LogP contribution in [0, 0.1) is 10.1 Å². The molecule has 0 amide bonds. The fourth-order valence-electron chi connectivity index (χ4n) is 1.41. The molecular formula is C10H16N4O4. The molecule has 1 aromatic heterocycles. The fourth-order valence-corrected chi connectivity index (χ4v) is 1.41. The van der Waals surface area contributed by atoms with Crippen LogP contribution in [-0.4, -0.2) is 14.1 Å². The van der Waals surface area contributed by atoms with Gasteiger partial charge in [-0.3, -0.25) is 24.0 Å². The molecule has 8 heteroatoms. The van der Waals surface area contributed by atoms with Crippen molar-refractivity contribution in [2.24, 2.45) is 0 Å². The van der Waals surface area contributed by atoms with E-state index < -0.39 is 47.4 Å². The molecule has 0 bridgehead atoms. The number of anilines is 1. The highest BCUT2D eigenvalue weighted by atomic mass is 16.6. The minimum absolute atomic E-state index is 0.172. The Hall–Kier alpha value is -2.12. The van der Waals surface area contributed by atoms with Gasteiger partial charge in [0.05, 0.1) is 4.92 Å². The Morgan fingerprint density at radius 1 is 1.50 bits per heavy atom. The number of aromatic nitrogens is 2. The summed E-state index contributed by atoms with van der Waals surface area (Å²) in [4.78, 5) is 34.4. The summed E-state index contributed by atoms with van der Waals surface area (Å²) in [5.74, 6) is -1.26. The molecule has 0 spiro atoms. The first-order valence-electron chi connectivity index (χ1n) is 8.43. The Balaban J connectivity index is 4.03. The Bertz CT molecular complexity index is 811. The van der Waals surface area contributed by atoms with E-state index in [9.17, 15) is 19.7 Å². The van der Waals surface area contributed by atoms with Gasteiger partial charge in [0.15, 0.2) is 5.82 Å². The van der Waals surface area contributed by atoms with E-state index in [0.717, 1.165) is 0 Å². The third-order valence-electron chi connectivity index (χ3n) is 2.15. The molecule has 0 saturated heterocycles. The second kappa shape index (κ2) is 5.48. The summed E-state index contributed by atoms with van der Waals surface area (Å²) in [7, 11) is 0. The first-order valence-corrected chi connectivity index (χ1v) is 4.93. The van der Waals surface area contributed by atoms with Crippen LogP contribution in [0.25, 0.3) is 0 Å². The van der Waals surface area contributed by atoms with E-state index in [-0.39, 0.29) is 17.5 Å². The van der Waals surface area contributed by atoms with Crippen molar-refractivity contribution >= 4 is 11.5 Å². The third kappa shape index (κ3) is 2.27. The second-order valence-electron chi connectivity index (χ2n) is 3.30. The molecule has 8 nitrogen and oxygen atoms in total. The van der Waals surface area contributed by atoms with Crippen LogP contribution in [0.3, 0.4) is 0 Å². The monoisotopic (exact) mass is 263 g/mol. The maximum Gasteiger partial charge on any atom is 0.374 e. The molecule has 0 aliphatic heterocycles. The standard InChI is InChI=1S/C10H16N4O4/c1-3-5-12-8(11)7(14(17)18)9(15)13(6-4-2)10(12)16/h3-6,11H2,1-2H3/i1D3,3D2,5D2. The molecule has 2 N–H and O–H groups in total. The van der Waals surface area contributed by atoms with Crippen molar-refractivity contribution in [1.82, 2.24) is 9.13 Å². The first kappa shape index (κ1) is 6.72. The summed E-state index contributed by atoms with van der Waals surface area (Å²) < 4.78 is 52.4. The van der Waals surface area contributed by atoms with Crippen molar-refractivity contribution in [3.8, 4) is 0 Å². The maximum atomic E-state index is 12.4. The van der Waals surface area contributed by atoms with Crippen LogP contribution in [0.15, 0.2) is 9.59 Å². The molecule has 0 unspecified atom stereocenters. The lowest BCUT2D eigenvalue weighted by atomic mass is 10.4. The molecule has 1 heterocycles. The predicted octanol–water partition coefficient (Wildman–Crippen LogP) is 0.320. The summed E-state index contributed by atoms with van der Waals surface area (Å²) >= 11 is 0. The molecule has 0 saturated carbocycles. The predicted molar refractivity (Wildman–Crippen MR) is 66.6 cm³/mol. The first-order chi connectivity index (χ1) is 11.1. The Morgan fingerprint density at radius 2 is 2.17 bits per heavy atom. The zero-order valence-electron chi connectivity index (χ0n) is 16.5. The lowest BCUT2D eigenvalue weighted by Crippen LogP contribution is -2.42. The SMILES string of the molecule is [2H]C([2H])([2H])C([2H])([2H])C([2H])([2H])n1c(N)c([N+](=O)[O-])c(=O)n(CCC)c1=O. The number of nitrogen functional groups attached to an aromatic ring is 1. The van der Waals surface area contributed by atoms with Crippen molar-refractivity contribution in [2.45, 2.75) is 39.6 Å². The topological polar surface area (TPSA) is 113 Å². The number of nitro groups is 1. The maximum absolute atomic E-state index is 12.4. The van der Waals surface area contributed by atoms with E-state index in [1.807, 2.05) is 0 Å². The Morgan fingerprint density at radius 3 is 2.67 bits per heavy atom. The van der Waals surface area contributed by atoms with Crippen LogP contribution in [0.1, 0.15) is 36.2 Å². The van der Waals surface area contributed by atoms with Gasteiger partial charge in [-0.05, 0) is 12.8 Å². The zero-order chi connectivity index (χ0) is 20.0. The lowest BCUT2D eigenvalue weighted by Gasteiger charge is -2.11. The van der Waals surface area contributed by atoms with Crippen LogP contribution >= 0.6 is 0 Å². The Labute approximate surface area is 113 Å². The minimum atomic E-state index is -3.64. The fraction of sp³-hybridized carbons (Fsp3) is 0.600. The van der Waals surface area contributed by atoms with E-state index in [1.165, 1.54) is 6.92 Å². The quantitative estimate of drug-likeness (QED) is 0.607. The molecule has 100 valence electrons. The molecule has 18 heavy (non-hydrogen) atoms. The lowest BCUT2D eigenvalue weighted by molar-refractivity contribution is -0.386. The van der Waals surface area contributed by atoms with Gasteiger partial charge in [0.1, 0.15) is 0 Å². The van der Waals surface area contributed by atoms with Crippen molar-refractivity contribution in [3.63, 3.8) is 0 Å². The van der Waals surface area contributed by atoms with Gasteiger partial charge in [-0.2, -0.15) is 0 Å². The van der Waals surface area contributed by atoms with Gasteiger partial charge in [-0.25, -0.2) is 4.79 Å². The van der Waals surface area contributed by atoms with Crippen molar-refractivity contribution in [3.05, 3.63) is 31.0 Å². The van der Waals surface area contributed by atoms with E-state index in [0.29, 0.717) is 4.57 Å². The minimum Gasteiger partial charge on any atom is -0.379 e. The van der Waals surface area contributed by atoms with E-state index in [4.69, 9.17) is 15.3 Å². The van der Waals surface area contributed by atoms with Gasteiger partial charge >= 0.3 is 16.9 Å². The van der Waals surface area contributed by atoms with Crippen molar-refractivity contribution in [1.29, 1.82) is 0 Å². The highest BCUT2D eigenvalue weighted by Crippen LogP contribution is 2.13. The summed E-state index contributed by atoms with van der Waals surface area (Å²) in [6.07, 6.45) is -3.47. The molecule has 1 rings (SSSR count). The molecule has 0 fully saturated rings. The molecule has 1 aromatic rings. The van der Waals surface area contributed by atoms with Gasteiger partial charge in [0.2, 0.25) is 0 Å². The van der Waals surface area contributed by atoms with Gasteiger partial charge in [-0.15, -0.1) is 0 Å². The summed E-state index contributed by atoms with van der Waals surface area (Å²) in [6.45, 7) is -5.92. The molecular weight excluding hydrogens is 240 g/mol. The van der Waals surface area contributed by atoms with Crippen LogP contribution in [0.5, 0.6) is 0 Å². The molecule has 0 atom stereocenters. The second-order valence-corrected chi connectivity index (χ2v) is 3.30. The molecule has 0 radical (unpaired) electrons. The zero-order valence-corrected chi connectivity index (χ0v) is 9.47. The van der Waals surface area contributed by atoms with Crippen molar-refractivity contribution in [2.75, 3.05) is 5.73 Å². The largest absolute Gasteiger partial charge is 0.379 e. The van der Waals surface area contributed by atoms with Gasteiger partial charge in [-0.1, -0.05) is 13.8 Å². The van der Waals surface area contributed by atoms with Crippen LogP contribution < -0.4 is 17.0 Å². The molecule has 0 aromatic carbocycles. The summed E-state index contributed by atoms with van der Waals surface area (Å²) in [5.41, 5.74) is 1.20. The van der Waals surface area contributed by atoms with Gasteiger partial charge < -0.3 is 5.73 Å². The molecule has 0 aliphatic rings. The average molecular weight is 263 g/mol. The number of nitrogens with zero attached hydrogens (tertiary/aromatic N) is 3. The number of nitrogens with two attached hydrogens (primary N) is 1. The van der Waals surface area contributed by atoms with Gasteiger partial charge in [0.25, 0.3) is 0 Å². The van der Waals surface area contributed by atoms with E-state index >= 15 is 0 Å². The number of hydrogen-bond donors (Lipinski definition) is 1. The van der Waals surface area contributed by atoms with Crippen LogP contribution in [0.2, 0.25) is 0 Å². The van der Waals surface area contributed by atoms with Gasteiger partial charge in [0, 0.05) is 22.6 Å². The van der Waals surface area contributed by atoms with Crippen molar-refractivity contribution < 1.29 is 14.5 Å². The van der Waals surface area contributed by atoms with Crippen LogP contribution in [-0.2, 0) is 13.0 Å². The Kier molecular flexibility index (Phi) is 2.04.